The van der Waals surface area contributed by atoms with Crippen LogP contribution in [0.15, 0.2) is 23.1 Å². The van der Waals surface area contributed by atoms with E-state index in [1.54, 1.807) is 16.4 Å². The number of nitrogens with two attached hydrogens (primary N) is 1. The monoisotopic (exact) mass is 314 g/mol. The van der Waals surface area contributed by atoms with Crippen molar-refractivity contribution in [1.29, 1.82) is 0 Å². The highest BCUT2D eigenvalue weighted by molar-refractivity contribution is 7.89. The largest absolute Gasteiger partial charge is 0.397 e. The molecule has 2 saturated carbocycles. The zero-order chi connectivity index (χ0) is 14.3. The molecule has 0 spiro atoms. The predicted molar refractivity (Wildman–Crippen MR) is 80.1 cm³/mol. The van der Waals surface area contributed by atoms with E-state index in [2.05, 4.69) is 0 Å². The van der Waals surface area contributed by atoms with Crippen LogP contribution in [0, 0.1) is 11.8 Å². The summed E-state index contributed by atoms with van der Waals surface area (Å²) in [7, 11) is -3.46. The van der Waals surface area contributed by atoms with E-state index in [9.17, 15) is 8.42 Å². The molecule has 2 aliphatic carbocycles. The highest BCUT2D eigenvalue weighted by Crippen LogP contribution is 2.36. The molecule has 1 aromatic rings. The minimum atomic E-state index is -3.46. The van der Waals surface area contributed by atoms with Crippen LogP contribution in [0.3, 0.4) is 0 Å². The standard InChI is InChI=1S/C14H19ClN2O2S/c15-13-6-5-12(7-14(13)16)20(18,19)17(8-10-1-2-10)9-11-3-4-11/h5-7,10-11H,1-4,8-9,16H2. The second-order valence-electron chi connectivity index (χ2n) is 5.89. The lowest BCUT2D eigenvalue weighted by molar-refractivity contribution is 0.382. The Labute approximate surface area is 125 Å². The molecule has 2 aliphatic rings. The molecule has 0 aromatic heterocycles. The van der Waals surface area contributed by atoms with Gasteiger partial charge in [0.15, 0.2) is 0 Å². The van der Waals surface area contributed by atoms with E-state index in [0.29, 0.717) is 35.6 Å². The fourth-order valence-electron chi connectivity index (χ4n) is 2.28. The Morgan fingerprint density at radius 2 is 1.70 bits per heavy atom. The molecular weight excluding hydrogens is 296 g/mol. The maximum Gasteiger partial charge on any atom is 0.243 e. The number of sulfonamides is 1. The number of anilines is 1. The molecule has 110 valence electrons. The van der Waals surface area contributed by atoms with Gasteiger partial charge >= 0.3 is 0 Å². The van der Waals surface area contributed by atoms with Gasteiger partial charge in [-0.2, -0.15) is 4.31 Å². The fraction of sp³-hybridized carbons (Fsp3) is 0.571. The van der Waals surface area contributed by atoms with Crippen molar-refractivity contribution in [3.63, 3.8) is 0 Å². The molecule has 4 nitrogen and oxygen atoms in total. The van der Waals surface area contributed by atoms with Gasteiger partial charge in [0.05, 0.1) is 15.6 Å². The average molecular weight is 315 g/mol. The summed E-state index contributed by atoms with van der Waals surface area (Å²) in [5.74, 6) is 1.07. The Balaban J connectivity index is 1.86. The minimum Gasteiger partial charge on any atom is -0.397 e. The molecule has 3 rings (SSSR count). The van der Waals surface area contributed by atoms with E-state index in [4.69, 9.17) is 17.3 Å². The van der Waals surface area contributed by atoms with E-state index in [0.717, 1.165) is 25.7 Å². The van der Waals surface area contributed by atoms with Crippen LogP contribution in [-0.4, -0.2) is 25.8 Å². The molecule has 0 heterocycles. The molecule has 0 amide bonds. The zero-order valence-corrected chi connectivity index (χ0v) is 12.8. The quantitative estimate of drug-likeness (QED) is 0.821. The summed E-state index contributed by atoms with van der Waals surface area (Å²) in [6.45, 7) is 1.28. The number of nitrogens with zero attached hydrogens (tertiary/aromatic N) is 1. The maximum atomic E-state index is 12.7. The molecule has 2 N–H and O–H groups in total. The third-order valence-corrected chi connectivity index (χ3v) is 6.09. The number of benzene rings is 1. The van der Waals surface area contributed by atoms with Gasteiger partial charge in [-0.25, -0.2) is 8.42 Å². The molecule has 0 bridgehead atoms. The Hall–Kier alpha value is -0.780. The van der Waals surface area contributed by atoms with Gasteiger partial charge in [0.25, 0.3) is 0 Å². The van der Waals surface area contributed by atoms with Crippen molar-refractivity contribution in [1.82, 2.24) is 4.31 Å². The van der Waals surface area contributed by atoms with E-state index in [1.165, 1.54) is 6.07 Å². The van der Waals surface area contributed by atoms with Crippen LogP contribution < -0.4 is 5.73 Å². The maximum absolute atomic E-state index is 12.7. The number of hydrogen-bond acceptors (Lipinski definition) is 3. The smallest absolute Gasteiger partial charge is 0.243 e. The summed E-state index contributed by atoms with van der Waals surface area (Å²) < 4.78 is 27.1. The second kappa shape index (κ2) is 5.20. The number of halogens is 1. The zero-order valence-electron chi connectivity index (χ0n) is 11.3. The van der Waals surface area contributed by atoms with Gasteiger partial charge in [0, 0.05) is 13.1 Å². The predicted octanol–water partition coefficient (Wildman–Crippen LogP) is 2.73. The molecule has 0 radical (unpaired) electrons. The number of hydrogen-bond donors (Lipinski definition) is 1. The number of rotatable bonds is 6. The topological polar surface area (TPSA) is 63.4 Å². The Bertz CT molecular complexity index is 596. The van der Waals surface area contributed by atoms with E-state index < -0.39 is 10.0 Å². The normalized spacial score (nSPS) is 19.5. The fourth-order valence-corrected chi connectivity index (χ4v) is 4.02. The van der Waals surface area contributed by atoms with Crippen LogP contribution in [0.25, 0.3) is 0 Å². The SMILES string of the molecule is Nc1cc(S(=O)(=O)N(CC2CC2)CC2CC2)ccc1Cl. The first-order valence-electron chi connectivity index (χ1n) is 7.02. The first-order chi connectivity index (χ1) is 9.46. The van der Waals surface area contributed by atoms with Gasteiger partial charge in [-0.15, -0.1) is 0 Å². The highest BCUT2D eigenvalue weighted by Gasteiger charge is 2.35. The van der Waals surface area contributed by atoms with Crippen molar-refractivity contribution in [2.24, 2.45) is 11.8 Å². The molecule has 0 atom stereocenters. The van der Waals surface area contributed by atoms with E-state index >= 15 is 0 Å². The summed E-state index contributed by atoms with van der Waals surface area (Å²) in [6, 6.07) is 4.56. The van der Waals surface area contributed by atoms with Crippen LogP contribution in [-0.2, 0) is 10.0 Å². The van der Waals surface area contributed by atoms with Crippen LogP contribution in [0.1, 0.15) is 25.7 Å². The molecule has 20 heavy (non-hydrogen) atoms. The van der Waals surface area contributed by atoms with Crippen LogP contribution >= 0.6 is 11.6 Å². The van der Waals surface area contributed by atoms with Crippen molar-refractivity contribution in [2.45, 2.75) is 30.6 Å². The van der Waals surface area contributed by atoms with Crippen molar-refractivity contribution < 1.29 is 8.42 Å². The highest BCUT2D eigenvalue weighted by atomic mass is 35.5. The van der Waals surface area contributed by atoms with Gasteiger partial charge in [-0.3, -0.25) is 0 Å². The Morgan fingerprint density at radius 1 is 1.15 bits per heavy atom. The van der Waals surface area contributed by atoms with Crippen molar-refractivity contribution in [3.05, 3.63) is 23.2 Å². The molecule has 0 saturated heterocycles. The third-order valence-electron chi connectivity index (χ3n) is 3.92. The summed E-state index contributed by atoms with van der Waals surface area (Å²) in [4.78, 5) is 0.251. The lowest BCUT2D eigenvalue weighted by Gasteiger charge is -2.22. The van der Waals surface area contributed by atoms with Gasteiger partial charge in [0.1, 0.15) is 0 Å². The van der Waals surface area contributed by atoms with Crippen LogP contribution in [0.5, 0.6) is 0 Å². The number of nitrogen functional groups attached to an aromatic ring is 1. The van der Waals surface area contributed by atoms with Gasteiger partial charge < -0.3 is 5.73 Å². The van der Waals surface area contributed by atoms with Crippen LogP contribution in [0.2, 0.25) is 5.02 Å². The molecule has 2 fully saturated rings. The lowest BCUT2D eigenvalue weighted by atomic mass is 10.3. The lowest BCUT2D eigenvalue weighted by Crippen LogP contribution is -2.34. The van der Waals surface area contributed by atoms with Crippen molar-refractivity contribution in [2.75, 3.05) is 18.8 Å². The van der Waals surface area contributed by atoms with Crippen molar-refractivity contribution in [3.8, 4) is 0 Å². The van der Waals surface area contributed by atoms with Crippen LogP contribution in [0.4, 0.5) is 5.69 Å². The van der Waals surface area contributed by atoms with E-state index in [-0.39, 0.29) is 4.90 Å². The van der Waals surface area contributed by atoms with E-state index in [1.807, 2.05) is 0 Å². The first kappa shape index (κ1) is 14.2. The van der Waals surface area contributed by atoms with Crippen molar-refractivity contribution >= 4 is 27.3 Å². The molecule has 0 aliphatic heterocycles. The summed E-state index contributed by atoms with van der Waals surface area (Å²) in [5.41, 5.74) is 6.04. The Morgan fingerprint density at radius 3 is 2.15 bits per heavy atom. The van der Waals surface area contributed by atoms with Gasteiger partial charge in [0.2, 0.25) is 10.0 Å². The summed E-state index contributed by atoms with van der Waals surface area (Å²) >= 11 is 5.87. The first-order valence-corrected chi connectivity index (χ1v) is 8.84. The summed E-state index contributed by atoms with van der Waals surface area (Å²) in [5, 5.41) is 0.389. The molecular formula is C14H19ClN2O2S. The van der Waals surface area contributed by atoms with Gasteiger partial charge in [-0.1, -0.05) is 11.6 Å². The van der Waals surface area contributed by atoms with Gasteiger partial charge in [-0.05, 0) is 55.7 Å². The molecule has 0 unspecified atom stereocenters. The minimum absolute atomic E-state index is 0.251. The third kappa shape index (κ3) is 3.10. The average Bonchev–Trinajstić information content (AvgIpc) is 3.26. The molecule has 6 heteroatoms. The second-order valence-corrected chi connectivity index (χ2v) is 8.24. The Kier molecular flexibility index (Phi) is 3.69. The molecule has 1 aromatic carbocycles. The summed E-state index contributed by atoms with van der Waals surface area (Å²) in [6.07, 6.45) is 4.55.